The van der Waals surface area contributed by atoms with E-state index in [1.165, 1.54) is 12.1 Å². The molecule has 3 aromatic rings. The number of aromatic nitrogens is 1. The number of fused-ring (bicyclic) bond motifs is 1. The monoisotopic (exact) mass is 323 g/mol. The zero-order chi connectivity index (χ0) is 13.4. The molecule has 5 heteroatoms. The zero-order valence-corrected chi connectivity index (χ0v) is 11.8. The second kappa shape index (κ2) is 4.68. The Bertz CT molecular complexity index is 789. The third-order valence-electron chi connectivity index (χ3n) is 2.85. The summed E-state index contributed by atoms with van der Waals surface area (Å²) in [5, 5.41) is 0.670. The fraction of sp³-hybridized carbons (Fsp3) is 0.0714. The Balaban J connectivity index is 2.22. The van der Waals surface area contributed by atoms with E-state index < -0.39 is 0 Å². The van der Waals surface area contributed by atoms with Crippen LogP contribution in [0, 0.1) is 5.82 Å². The second-order valence-electron chi connectivity index (χ2n) is 4.03. The molecule has 1 heterocycles. The Kier molecular flexibility index (Phi) is 3.01. The van der Waals surface area contributed by atoms with Gasteiger partial charge in [-0.25, -0.2) is 0 Å². The van der Waals surface area contributed by atoms with Crippen molar-refractivity contribution in [2.24, 2.45) is 0 Å². The Morgan fingerprint density at radius 2 is 1.89 bits per heavy atom. The van der Waals surface area contributed by atoms with E-state index in [0.717, 1.165) is 9.95 Å². The van der Waals surface area contributed by atoms with Gasteiger partial charge in [-0.05, 0) is 0 Å². The summed E-state index contributed by atoms with van der Waals surface area (Å²) in [6.45, 7) is 0. The van der Waals surface area contributed by atoms with E-state index in [1.54, 1.807) is 28.9 Å². The summed E-state index contributed by atoms with van der Waals surface area (Å²) in [6, 6.07) is 11.5. The molecule has 0 bridgehead atoms. The Morgan fingerprint density at radius 1 is 1.16 bits per heavy atom. The summed E-state index contributed by atoms with van der Waals surface area (Å²) in [6.07, 6.45) is 0. The van der Waals surface area contributed by atoms with Crippen LogP contribution in [0.15, 0.2) is 47.3 Å². The van der Waals surface area contributed by atoms with Crippen molar-refractivity contribution in [2.75, 3.05) is 7.11 Å². The maximum absolute atomic E-state index is 12.9. The van der Waals surface area contributed by atoms with Gasteiger partial charge in [-0.15, -0.1) is 0 Å². The van der Waals surface area contributed by atoms with E-state index in [1.807, 2.05) is 12.1 Å². The normalized spacial score (nSPS) is 10.8. The van der Waals surface area contributed by atoms with Gasteiger partial charge in [0.25, 0.3) is 0 Å². The molecule has 19 heavy (non-hydrogen) atoms. The van der Waals surface area contributed by atoms with Crippen molar-refractivity contribution in [1.82, 2.24) is 3.56 Å². The predicted molar refractivity (Wildman–Crippen MR) is 73.0 cm³/mol. The van der Waals surface area contributed by atoms with Crippen molar-refractivity contribution >= 4 is 24.4 Å². The zero-order valence-electron chi connectivity index (χ0n) is 10.1. The Hall–Kier alpha value is -1.84. The van der Waals surface area contributed by atoms with Crippen LogP contribution in [0.5, 0.6) is 5.75 Å². The van der Waals surface area contributed by atoms with Gasteiger partial charge >= 0.3 is 114 Å². The number of ether oxygens (including phenoxy) is 1. The predicted octanol–water partition coefficient (Wildman–Crippen LogP) is 2.20. The molecular weight excluding hydrogens is 312 g/mol. The van der Waals surface area contributed by atoms with Gasteiger partial charge in [-0.2, -0.15) is 0 Å². The fourth-order valence-corrected chi connectivity index (χ4v) is 3.93. The number of rotatable bonds is 2. The van der Waals surface area contributed by atoms with Crippen molar-refractivity contribution in [2.45, 2.75) is 0 Å². The molecule has 3 rings (SSSR count). The SMILES string of the molecule is COc1ccc2[se]n(-c3ccc(F)cc3)c(=O)c2c1. The number of halogens is 1. The first-order valence-corrected chi connectivity index (χ1v) is 7.27. The van der Waals surface area contributed by atoms with Crippen molar-refractivity contribution < 1.29 is 9.13 Å². The number of hydrogen-bond donors (Lipinski definition) is 0. The van der Waals surface area contributed by atoms with Gasteiger partial charge in [0, 0.05) is 0 Å². The summed E-state index contributed by atoms with van der Waals surface area (Å²) in [4.78, 5) is 12.3. The van der Waals surface area contributed by atoms with Crippen molar-refractivity contribution in [1.29, 1.82) is 0 Å². The van der Waals surface area contributed by atoms with Crippen molar-refractivity contribution in [3.05, 3.63) is 58.6 Å². The maximum atomic E-state index is 12.9. The quantitative estimate of drug-likeness (QED) is 0.677. The molecule has 0 atom stereocenters. The van der Waals surface area contributed by atoms with Crippen LogP contribution in [-0.2, 0) is 0 Å². The average Bonchev–Trinajstić information content (AvgIpc) is 2.76. The van der Waals surface area contributed by atoms with Gasteiger partial charge in [0.05, 0.1) is 0 Å². The number of hydrogen-bond acceptors (Lipinski definition) is 2. The topological polar surface area (TPSA) is 31.2 Å². The molecule has 0 saturated carbocycles. The summed E-state index contributed by atoms with van der Waals surface area (Å²) < 4.78 is 20.8. The molecule has 96 valence electrons. The van der Waals surface area contributed by atoms with E-state index >= 15 is 0 Å². The first-order valence-electron chi connectivity index (χ1n) is 5.65. The van der Waals surface area contributed by atoms with Crippen LogP contribution in [0.2, 0.25) is 0 Å². The number of benzene rings is 2. The van der Waals surface area contributed by atoms with E-state index in [0.29, 0.717) is 11.1 Å². The fourth-order valence-electron chi connectivity index (χ4n) is 1.88. The number of methoxy groups -OCH3 is 1. The van der Waals surface area contributed by atoms with E-state index in [2.05, 4.69) is 0 Å². The molecule has 0 aliphatic heterocycles. The number of nitrogens with zero attached hydrogens (tertiary/aromatic N) is 1. The molecule has 0 fully saturated rings. The molecule has 3 nitrogen and oxygen atoms in total. The molecular formula is C14H10FNO2Se. The van der Waals surface area contributed by atoms with Gasteiger partial charge in [-0.3, -0.25) is 0 Å². The van der Waals surface area contributed by atoms with Crippen LogP contribution in [0.25, 0.3) is 15.3 Å². The Morgan fingerprint density at radius 3 is 2.58 bits per heavy atom. The van der Waals surface area contributed by atoms with Crippen LogP contribution in [-0.4, -0.2) is 25.4 Å². The van der Waals surface area contributed by atoms with Gasteiger partial charge in [0.1, 0.15) is 0 Å². The molecule has 2 aromatic carbocycles. The van der Waals surface area contributed by atoms with Gasteiger partial charge in [-0.1, -0.05) is 0 Å². The van der Waals surface area contributed by atoms with Gasteiger partial charge in [0.2, 0.25) is 0 Å². The van der Waals surface area contributed by atoms with Crippen LogP contribution < -0.4 is 10.3 Å². The third-order valence-corrected chi connectivity index (χ3v) is 5.19. The molecule has 0 aliphatic carbocycles. The molecule has 0 spiro atoms. The first kappa shape index (κ1) is 12.2. The average molecular weight is 322 g/mol. The van der Waals surface area contributed by atoms with E-state index in [4.69, 9.17) is 4.74 Å². The molecule has 0 unspecified atom stereocenters. The minimum absolute atomic E-state index is 0.0551. The van der Waals surface area contributed by atoms with E-state index in [-0.39, 0.29) is 26.1 Å². The van der Waals surface area contributed by atoms with Crippen LogP contribution >= 0.6 is 0 Å². The van der Waals surface area contributed by atoms with Crippen molar-refractivity contribution in [3.8, 4) is 11.4 Å². The van der Waals surface area contributed by atoms with E-state index in [9.17, 15) is 9.18 Å². The van der Waals surface area contributed by atoms with Gasteiger partial charge in [0.15, 0.2) is 0 Å². The standard InChI is InChI=1S/C14H10FNO2Se/c1-18-11-6-7-13-12(8-11)14(17)16(19-13)10-4-2-9(15)3-5-10/h2-8H,1H3. The molecule has 0 N–H and O–H groups in total. The molecule has 1 aromatic heterocycles. The van der Waals surface area contributed by atoms with Gasteiger partial charge < -0.3 is 0 Å². The van der Waals surface area contributed by atoms with Crippen molar-refractivity contribution in [3.63, 3.8) is 0 Å². The van der Waals surface area contributed by atoms with Crippen LogP contribution in [0.3, 0.4) is 0 Å². The molecule has 0 saturated heterocycles. The summed E-state index contributed by atoms with van der Waals surface area (Å²) >= 11 is -0.115. The summed E-state index contributed by atoms with van der Waals surface area (Å²) in [5.74, 6) is 0.367. The molecule has 0 radical (unpaired) electrons. The second-order valence-corrected chi connectivity index (χ2v) is 6.10. The van der Waals surface area contributed by atoms with Crippen LogP contribution in [0.4, 0.5) is 4.39 Å². The molecule has 0 aliphatic rings. The van der Waals surface area contributed by atoms with Crippen LogP contribution in [0.1, 0.15) is 0 Å². The molecule has 0 amide bonds. The summed E-state index contributed by atoms with van der Waals surface area (Å²) in [7, 11) is 1.57. The first-order chi connectivity index (χ1) is 9.19. The third kappa shape index (κ3) is 2.11. The summed E-state index contributed by atoms with van der Waals surface area (Å²) in [5.41, 5.74) is 0.669. The Labute approximate surface area is 114 Å². The minimum atomic E-state index is -0.304.